The number of rotatable bonds is 3. The lowest BCUT2D eigenvalue weighted by Gasteiger charge is -2.25. The standard InChI is InChI=1S/C11H18N2O/c1-4-11(14,10-5-8(10)2)9-6-12-13(3)7-9/h6-8,10,14H,4-5H2,1-3H3. The number of nitrogens with zero attached hydrogens (tertiary/aromatic N) is 2. The molecular formula is C11H18N2O. The van der Waals surface area contributed by atoms with Crippen LogP contribution >= 0.6 is 0 Å². The molecule has 3 atom stereocenters. The highest BCUT2D eigenvalue weighted by Crippen LogP contribution is 2.52. The lowest BCUT2D eigenvalue weighted by atomic mass is 9.87. The zero-order valence-electron chi connectivity index (χ0n) is 9.07. The third-order valence-electron chi connectivity index (χ3n) is 3.47. The van der Waals surface area contributed by atoms with Gasteiger partial charge >= 0.3 is 0 Å². The van der Waals surface area contributed by atoms with E-state index < -0.39 is 5.60 Å². The van der Waals surface area contributed by atoms with Crippen LogP contribution in [0.5, 0.6) is 0 Å². The van der Waals surface area contributed by atoms with Crippen molar-refractivity contribution >= 4 is 0 Å². The Bertz CT molecular complexity index is 334. The Kier molecular flexibility index (Phi) is 2.14. The fraction of sp³-hybridized carbons (Fsp3) is 0.727. The summed E-state index contributed by atoms with van der Waals surface area (Å²) in [7, 11) is 1.88. The maximum atomic E-state index is 10.6. The molecule has 14 heavy (non-hydrogen) atoms. The molecule has 1 aliphatic carbocycles. The Morgan fingerprint density at radius 3 is 2.71 bits per heavy atom. The van der Waals surface area contributed by atoms with Gasteiger partial charge in [0.1, 0.15) is 0 Å². The van der Waals surface area contributed by atoms with Crippen molar-refractivity contribution in [2.75, 3.05) is 0 Å². The van der Waals surface area contributed by atoms with E-state index in [1.54, 1.807) is 10.9 Å². The molecule has 3 unspecified atom stereocenters. The van der Waals surface area contributed by atoms with E-state index in [1.165, 1.54) is 0 Å². The van der Waals surface area contributed by atoms with E-state index in [4.69, 9.17) is 0 Å². The van der Waals surface area contributed by atoms with Crippen molar-refractivity contribution in [3.63, 3.8) is 0 Å². The molecule has 78 valence electrons. The van der Waals surface area contributed by atoms with Crippen molar-refractivity contribution in [3.05, 3.63) is 18.0 Å². The first kappa shape index (κ1) is 9.71. The molecule has 1 aromatic rings. The van der Waals surface area contributed by atoms with E-state index in [0.29, 0.717) is 11.8 Å². The average molecular weight is 194 g/mol. The van der Waals surface area contributed by atoms with Gasteiger partial charge in [0.25, 0.3) is 0 Å². The number of hydrogen-bond acceptors (Lipinski definition) is 2. The molecule has 1 fully saturated rings. The van der Waals surface area contributed by atoms with Gasteiger partial charge < -0.3 is 5.11 Å². The monoisotopic (exact) mass is 194 g/mol. The van der Waals surface area contributed by atoms with Gasteiger partial charge in [-0.3, -0.25) is 4.68 Å². The molecule has 3 nitrogen and oxygen atoms in total. The van der Waals surface area contributed by atoms with Crippen LogP contribution in [0.3, 0.4) is 0 Å². The largest absolute Gasteiger partial charge is 0.385 e. The zero-order chi connectivity index (χ0) is 10.3. The first-order valence-corrected chi connectivity index (χ1v) is 5.29. The van der Waals surface area contributed by atoms with Crippen LogP contribution in [0, 0.1) is 11.8 Å². The SMILES string of the molecule is CCC(O)(c1cnn(C)c1)C1CC1C. The van der Waals surface area contributed by atoms with Gasteiger partial charge in [-0.25, -0.2) is 0 Å². The van der Waals surface area contributed by atoms with Crippen LogP contribution in [0.1, 0.15) is 32.3 Å². The average Bonchev–Trinajstić information content (AvgIpc) is 2.73. The Morgan fingerprint density at radius 1 is 1.71 bits per heavy atom. The molecule has 0 spiro atoms. The molecule has 0 bridgehead atoms. The minimum atomic E-state index is -0.645. The van der Waals surface area contributed by atoms with Gasteiger partial charge in [0.15, 0.2) is 0 Å². The van der Waals surface area contributed by atoms with Crippen LogP contribution in [0.4, 0.5) is 0 Å². The van der Waals surface area contributed by atoms with Crippen LogP contribution < -0.4 is 0 Å². The second-order valence-electron chi connectivity index (χ2n) is 4.50. The van der Waals surface area contributed by atoms with Gasteiger partial charge in [-0.2, -0.15) is 5.10 Å². The topological polar surface area (TPSA) is 38.1 Å². The van der Waals surface area contributed by atoms with Gasteiger partial charge in [0.2, 0.25) is 0 Å². The Balaban J connectivity index is 2.28. The van der Waals surface area contributed by atoms with E-state index >= 15 is 0 Å². The lowest BCUT2D eigenvalue weighted by Crippen LogP contribution is -2.27. The van der Waals surface area contributed by atoms with E-state index in [0.717, 1.165) is 18.4 Å². The third-order valence-corrected chi connectivity index (χ3v) is 3.47. The van der Waals surface area contributed by atoms with Crippen molar-refractivity contribution in [2.45, 2.75) is 32.3 Å². The number of aromatic nitrogens is 2. The molecule has 1 N–H and O–H groups in total. The quantitative estimate of drug-likeness (QED) is 0.795. The van der Waals surface area contributed by atoms with Gasteiger partial charge in [0, 0.05) is 18.8 Å². The van der Waals surface area contributed by atoms with Gasteiger partial charge in [-0.05, 0) is 24.7 Å². The second-order valence-corrected chi connectivity index (χ2v) is 4.50. The predicted octanol–water partition coefficient (Wildman–Crippen LogP) is 1.67. The predicted molar refractivity (Wildman–Crippen MR) is 54.7 cm³/mol. The fourth-order valence-electron chi connectivity index (χ4n) is 2.31. The van der Waals surface area contributed by atoms with Crippen molar-refractivity contribution in [3.8, 4) is 0 Å². The summed E-state index contributed by atoms with van der Waals surface area (Å²) in [6.45, 7) is 4.24. The summed E-state index contributed by atoms with van der Waals surface area (Å²) in [6.07, 6.45) is 5.62. The maximum Gasteiger partial charge on any atom is 0.0954 e. The summed E-state index contributed by atoms with van der Waals surface area (Å²) in [6, 6.07) is 0. The summed E-state index contributed by atoms with van der Waals surface area (Å²) >= 11 is 0. The molecule has 0 amide bonds. The summed E-state index contributed by atoms with van der Waals surface area (Å²) in [4.78, 5) is 0. The van der Waals surface area contributed by atoms with Crippen molar-refractivity contribution < 1.29 is 5.11 Å². The van der Waals surface area contributed by atoms with Crippen LogP contribution in [0.25, 0.3) is 0 Å². The molecule has 0 aliphatic heterocycles. The number of aryl methyl sites for hydroxylation is 1. The summed E-state index contributed by atoms with van der Waals surface area (Å²) in [5.41, 5.74) is 0.324. The molecule has 1 aromatic heterocycles. The van der Waals surface area contributed by atoms with E-state index in [1.807, 2.05) is 20.2 Å². The van der Waals surface area contributed by atoms with E-state index in [-0.39, 0.29) is 0 Å². The molecular weight excluding hydrogens is 176 g/mol. The molecule has 1 aliphatic rings. The highest BCUT2D eigenvalue weighted by Gasteiger charge is 2.49. The minimum Gasteiger partial charge on any atom is -0.385 e. The van der Waals surface area contributed by atoms with Crippen molar-refractivity contribution in [2.24, 2.45) is 18.9 Å². The number of aliphatic hydroxyl groups is 1. The van der Waals surface area contributed by atoms with Crippen LogP contribution in [0.2, 0.25) is 0 Å². The normalized spacial score (nSPS) is 30.0. The zero-order valence-corrected chi connectivity index (χ0v) is 9.07. The number of hydrogen-bond donors (Lipinski definition) is 1. The molecule has 3 heteroatoms. The highest BCUT2D eigenvalue weighted by molar-refractivity contribution is 5.20. The molecule has 0 radical (unpaired) electrons. The van der Waals surface area contributed by atoms with Crippen LogP contribution in [-0.4, -0.2) is 14.9 Å². The second kappa shape index (κ2) is 3.09. The first-order chi connectivity index (χ1) is 6.58. The highest BCUT2D eigenvalue weighted by atomic mass is 16.3. The Labute approximate surface area is 84.7 Å². The summed E-state index contributed by atoms with van der Waals surface area (Å²) in [5.74, 6) is 1.08. The molecule has 1 saturated carbocycles. The third kappa shape index (κ3) is 1.36. The Hall–Kier alpha value is -0.830. The van der Waals surface area contributed by atoms with E-state index in [2.05, 4.69) is 12.0 Å². The van der Waals surface area contributed by atoms with Crippen LogP contribution in [-0.2, 0) is 12.6 Å². The molecule has 1 heterocycles. The van der Waals surface area contributed by atoms with Crippen molar-refractivity contribution in [1.82, 2.24) is 9.78 Å². The molecule has 2 rings (SSSR count). The van der Waals surface area contributed by atoms with Crippen molar-refractivity contribution in [1.29, 1.82) is 0 Å². The maximum absolute atomic E-state index is 10.6. The fourth-order valence-corrected chi connectivity index (χ4v) is 2.31. The first-order valence-electron chi connectivity index (χ1n) is 5.29. The lowest BCUT2D eigenvalue weighted by molar-refractivity contribution is 0.00431. The molecule has 0 aromatic carbocycles. The molecule has 0 saturated heterocycles. The smallest absolute Gasteiger partial charge is 0.0954 e. The Morgan fingerprint density at radius 2 is 2.36 bits per heavy atom. The minimum absolute atomic E-state index is 0.427. The van der Waals surface area contributed by atoms with Gasteiger partial charge in [0.05, 0.1) is 11.8 Å². The van der Waals surface area contributed by atoms with Crippen LogP contribution in [0.15, 0.2) is 12.4 Å². The summed E-state index contributed by atoms with van der Waals surface area (Å²) in [5, 5.41) is 14.7. The van der Waals surface area contributed by atoms with E-state index in [9.17, 15) is 5.11 Å². The van der Waals surface area contributed by atoms with Gasteiger partial charge in [-0.15, -0.1) is 0 Å². The summed E-state index contributed by atoms with van der Waals surface area (Å²) < 4.78 is 1.75. The van der Waals surface area contributed by atoms with Gasteiger partial charge in [-0.1, -0.05) is 13.8 Å².